The second-order valence-electron chi connectivity index (χ2n) is 3.02. The summed E-state index contributed by atoms with van der Waals surface area (Å²) < 4.78 is 18.1. The van der Waals surface area contributed by atoms with Gasteiger partial charge in [-0.2, -0.15) is 5.26 Å². The van der Waals surface area contributed by atoms with Gasteiger partial charge in [-0.25, -0.2) is 4.39 Å². The van der Waals surface area contributed by atoms with Gasteiger partial charge in [0.1, 0.15) is 11.9 Å². The number of hydrogen-bond donors (Lipinski definition) is 0. The lowest BCUT2D eigenvalue weighted by molar-refractivity contribution is -0.142. The molecule has 0 radical (unpaired) electrons. The van der Waals surface area contributed by atoms with E-state index in [1.165, 1.54) is 6.07 Å². The molecule has 0 aliphatic heterocycles. The van der Waals surface area contributed by atoms with Crippen molar-refractivity contribution in [3.63, 3.8) is 0 Å². The van der Waals surface area contributed by atoms with Crippen LogP contribution in [0, 0.1) is 17.1 Å². The van der Waals surface area contributed by atoms with Gasteiger partial charge in [-0.05, 0) is 19.1 Å². The van der Waals surface area contributed by atoms with E-state index < -0.39 is 11.8 Å². The van der Waals surface area contributed by atoms with Crippen LogP contribution >= 0.6 is 11.6 Å². The summed E-state index contributed by atoms with van der Waals surface area (Å²) in [6, 6.07) is 4.03. The lowest BCUT2D eigenvalue weighted by Gasteiger charge is -2.05. The minimum Gasteiger partial charge on any atom is -0.466 e. The van der Waals surface area contributed by atoms with E-state index in [1.807, 2.05) is 0 Å². The molecule has 0 aromatic heterocycles. The molecule has 0 amide bonds. The first-order chi connectivity index (χ1) is 7.58. The molecule has 0 unspecified atom stereocenters. The number of carbonyl (C=O) groups excluding carboxylic acids is 1. The molecule has 1 aromatic carbocycles. The Morgan fingerprint density at radius 1 is 1.62 bits per heavy atom. The topological polar surface area (TPSA) is 50.1 Å². The van der Waals surface area contributed by atoms with E-state index in [9.17, 15) is 9.18 Å². The van der Waals surface area contributed by atoms with Crippen LogP contribution < -0.4 is 0 Å². The number of hydrogen-bond acceptors (Lipinski definition) is 3. The first-order valence-electron chi connectivity index (χ1n) is 4.62. The van der Waals surface area contributed by atoms with Crippen LogP contribution in [-0.4, -0.2) is 12.6 Å². The minimum atomic E-state index is -0.631. The maximum absolute atomic E-state index is 13.4. The van der Waals surface area contributed by atoms with E-state index in [1.54, 1.807) is 13.0 Å². The zero-order valence-corrected chi connectivity index (χ0v) is 9.34. The zero-order chi connectivity index (χ0) is 12.1. The highest BCUT2D eigenvalue weighted by molar-refractivity contribution is 6.31. The standard InChI is InChI=1S/C11H9ClFNO2/c1-2-16-11(15)5-7-3-9(12)8(6-14)4-10(7)13/h3-4H,2,5H2,1H3. The largest absolute Gasteiger partial charge is 0.466 e. The third-order valence-electron chi connectivity index (χ3n) is 1.90. The average Bonchev–Trinajstić information content (AvgIpc) is 2.23. The van der Waals surface area contributed by atoms with Crippen LogP contribution in [0.4, 0.5) is 4.39 Å². The number of nitrogens with zero attached hydrogens (tertiary/aromatic N) is 1. The van der Waals surface area contributed by atoms with Crippen molar-refractivity contribution in [1.82, 2.24) is 0 Å². The van der Waals surface area contributed by atoms with E-state index in [0.717, 1.165) is 6.07 Å². The first-order valence-corrected chi connectivity index (χ1v) is 5.00. The number of benzene rings is 1. The normalized spacial score (nSPS) is 9.62. The predicted molar refractivity (Wildman–Crippen MR) is 56.5 cm³/mol. The van der Waals surface area contributed by atoms with Gasteiger partial charge < -0.3 is 4.74 Å². The van der Waals surface area contributed by atoms with E-state index in [-0.39, 0.29) is 29.2 Å². The quantitative estimate of drug-likeness (QED) is 0.764. The smallest absolute Gasteiger partial charge is 0.310 e. The van der Waals surface area contributed by atoms with Crippen LogP contribution in [0.2, 0.25) is 5.02 Å². The molecule has 0 saturated heterocycles. The second kappa shape index (κ2) is 5.47. The Hall–Kier alpha value is -1.60. The highest BCUT2D eigenvalue weighted by Crippen LogP contribution is 2.20. The van der Waals surface area contributed by atoms with Gasteiger partial charge in [0.25, 0.3) is 0 Å². The third-order valence-corrected chi connectivity index (χ3v) is 2.21. The summed E-state index contributed by atoms with van der Waals surface area (Å²) in [4.78, 5) is 11.1. The van der Waals surface area contributed by atoms with E-state index >= 15 is 0 Å². The van der Waals surface area contributed by atoms with Gasteiger partial charge in [0.2, 0.25) is 0 Å². The van der Waals surface area contributed by atoms with Crippen molar-refractivity contribution in [3.05, 3.63) is 34.1 Å². The Balaban J connectivity index is 2.95. The molecule has 5 heteroatoms. The summed E-state index contributed by atoms with van der Waals surface area (Å²) in [6.07, 6.45) is -0.189. The van der Waals surface area contributed by atoms with Crippen LogP contribution in [0.15, 0.2) is 12.1 Å². The maximum Gasteiger partial charge on any atom is 0.310 e. The van der Waals surface area contributed by atoms with Crippen LogP contribution in [0.1, 0.15) is 18.1 Å². The van der Waals surface area contributed by atoms with Crippen molar-refractivity contribution >= 4 is 17.6 Å². The van der Waals surface area contributed by atoms with Gasteiger partial charge >= 0.3 is 5.97 Å². The van der Waals surface area contributed by atoms with E-state index in [0.29, 0.717) is 0 Å². The van der Waals surface area contributed by atoms with Gasteiger partial charge in [-0.15, -0.1) is 0 Å². The molecule has 84 valence electrons. The summed E-state index contributed by atoms with van der Waals surface area (Å²) in [5, 5.41) is 8.74. The Labute approximate surface area is 97.4 Å². The van der Waals surface area contributed by atoms with Gasteiger partial charge in [-0.1, -0.05) is 11.6 Å². The molecule has 0 fully saturated rings. The third kappa shape index (κ3) is 2.94. The van der Waals surface area contributed by atoms with Crippen LogP contribution in [0.3, 0.4) is 0 Å². The molecule has 0 saturated carbocycles. The molecule has 0 spiro atoms. The number of esters is 1. The maximum atomic E-state index is 13.4. The molecule has 0 aliphatic rings. The van der Waals surface area contributed by atoms with Crippen LogP contribution in [0.25, 0.3) is 0 Å². The molecule has 0 bridgehead atoms. The summed E-state index contributed by atoms with van der Waals surface area (Å²) in [5.41, 5.74) is 0.175. The molecule has 16 heavy (non-hydrogen) atoms. The number of halogens is 2. The lowest BCUT2D eigenvalue weighted by Crippen LogP contribution is -2.09. The molecule has 3 nitrogen and oxygen atoms in total. The fourth-order valence-electron chi connectivity index (χ4n) is 1.18. The van der Waals surface area contributed by atoms with Gasteiger partial charge in [0.15, 0.2) is 0 Å². The minimum absolute atomic E-state index is 0.0479. The Morgan fingerprint density at radius 2 is 2.31 bits per heavy atom. The number of nitriles is 1. The van der Waals surface area contributed by atoms with Crippen molar-refractivity contribution in [2.45, 2.75) is 13.3 Å². The van der Waals surface area contributed by atoms with Gasteiger partial charge in [0.05, 0.1) is 23.6 Å². The first kappa shape index (κ1) is 12.5. The highest BCUT2D eigenvalue weighted by Gasteiger charge is 2.12. The molecule has 0 atom stereocenters. The Kier molecular flexibility index (Phi) is 4.27. The number of carbonyl (C=O) groups is 1. The molecular weight excluding hydrogens is 233 g/mol. The fraction of sp³-hybridized carbons (Fsp3) is 0.273. The molecule has 0 aliphatic carbocycles. The fourth-order valence-corrected chi connectivity index (χ4v) is 1.41. The van der Waals surface area contributed by atoms with Crippen molar-refractivity contribution in [1.29, 1.82) is 5.26 Å². The van der Waals surface area contributed by atoms with Crippen molar-refractivity contribution in [3.8, 4) is 6.07 Å². The van der Waals surface area contributed by atoms with Crippen molar-refractivity contribution in [2.75, 3.05) is 6.61 Å². The average molecular weight is 242 g/mol. The zero-order valence-electron chi connectivity index (χ0n) is 8.59. The van der Waals surface area contributed by atoms with Crippen LogP contribution in [-0.2, 0) is 16.0 Å². The number of ether oxygens (including phenoxy) is 1. The second-order valence-corrected chi connectivity index (χ2v) is 3.42. The Bertz CT molecular complexity index is 454. The molecule has 0 heterocycles. The van der Waals surface area contributed by atoms with E-state index in [4.69, 9.17) is 16.9 Å². The van der Waals surface area contributed by atoms with Crippen LogP contribution in [0.5, 0.6) is 0 Å². The summed E-state index contributed by atoms with van der Waals surface area (Å²) >= 11 is 5.72. The van der Waals surface area contributed by atoms with E-state index in [2.05, 4.69) is 4.74 Å². The molecule has 0 N–H and O–H groups in total. The Morgan fingerprint density at radius 3 is 2.88 bits per heavy atom. The predicted octanol–water partition coefficient (Wildman–Crippen LogP) is 2.46. The number of rotatable bonds is 3. The molecular formula is C11H9ClFNO2. The van der Waals surface area contributed by atoms with Crippen molar-refractivity contribution in [2.24, 2.45) is 0 Å². The monoisotopic (exact) mass is 241 g/mol. The molecule has 1 rings (SSSR count). The summed E-state index contributed by atoms with van der Waals surface area (Å²) in [5.74, 6) is -1.16. The van der Waals surface area contributed by atoms with Crippen molar-refractivity contribution < 1.29 is 13.9 Å². The summed E-state index contributed by atoms with van der Waals surface area (Å²) in [6.45, 7) is 1.91. The van der Waals surface area contributed by atoms with Gasteiger partial charge in [-0.3, -0.25) is 4.79 Å². The molecule has 1 aromatic rings. The highest BCUT2D eigenvalue weighted by atomic mass is 35.5. The SMILES string of the molecule is CCOC(=O)Cc1cc(Cl)c(C#N)cc1F. The summed E-state index contributed by atoms with van der Waals surface area (Å²) in [7, 11) is 0. The van der Waals surface area contributed by atoms with Gasteiger partial charge in [0, 0.05) is 5.56 Å². The lowest BCUT2D eigenvalue weighted by atomic mass is 10.1.